The highest BCUT2D eigenvalue weighted by Crippen LogP contribution is 2.30. The summed E-state index contributed by atoms with van der Waals surface area (Å²) >= 11 is 1.76. The molecule has 1 saturated heterocycles. The van der Waals surface area contributed by atoms with E-state index in [1.54, 1.807) is 11.3 Å². The van der Waals surface area contributed by atoms with Crippen LogP contribution in [-0.4, -0.2) is 29.9 Å². The van der Waals surface area contributed by atoms with Gasteiger partial charge in [-0.2, -0.15) is 0 Å². The van der Waals surface area contributed by atoms with Crippen LogP contribution in [0.2, 0.25) is 0 Å². The quantitative estimate of drug-likeness (QED) is 0.875. The molecule has 2 rings (SSSR count). The van der Waals surface area contributed by atoms with Crippen LogP contribution < -0.4 is 5.73 Å². The Morgan fingerprint density at radius 2 is 2.29 bits per heavy atom. The summed E-state index contributed by atoms with van der Waals surface area (Å²) in [6.45, 7) is 5.43. The lowest BCUT2D eigenvalue weighted by molar-refractivity contribution is -0.136. The van der Waals surface area contributed by atoms with Crippen LogP contribution in [0.15, 0.2) is 17.5 Å². The molecule has 1 aliphatic rings. The number of nitrogens with two attached hydrogens (primary N) is 1. The SMILES string of the molecule is CC(C)C(=O)N1CC(N)CC(c2cccs2)C1. The fourth-order valence-electron chi connectivity index (χ4n) is 2.41. The van der Waals surface area contributed by atoms with Crippen molar-refractivity contribution >= 4 is 17.2 Å². The van der Waals surface area contributed by atoms with E-state index in [9.17, 15) is 4.79 Å². The predicted octanol–water partition coefficient (Wildman–Crippen LogP) is 2.05. The van der Waals surface area contributed by atoms with Gasteiger partial charge in [-0.3, -0.25) is 4.79 Å². The fraction of sp³-hybridized carbons (Fsp3) is 0.615. The van der Waals surface area contributed by atoms with Gasteiger partial charge < -0.3 is 10.6 Å². The Morgan fingerprint density at radius 1 is 1.53 bits per heavy atom. The molecule has 2 atom stereocenters. The predicted molar refractivity (Wildman–Crippen MR) is 71.1 cm³/mol. The van der Waals surface area contributed by atoms with Crippen molar-refractivity contribution in [2.75, 3.05) is 13.1 Å². The molecule has 0 saturated carbocycles. The van der Waals surface area contributed by atoms with Crippen LogP contribution in [0.4, 0.5) is 0 Å². The van der Waals surface area contributed by atoms with Crippen molar-refractivity contribution in [1.29, 1.82) is 0 Å². The lowest BCUT2D eigenvalue weighted by atomic mass is 9.92. The van der Waals surface area contributed by atoms with Crippen LogP contribution in [0.25, 0.3) is 0 Å². The van der Waals surface area contributed by atoms with Crippen molar-refractivity contribution in [2.45, 2.75) is 32.2 Å². The van der Waals surface area contributed by atoms with Crippen molar-refractivity contribution in [3.05, 3.63) is 22.4 Å². The Kier molecular flexibility index (Phi) is 3.84. The van der Waals surface area contributed by atoms with Crippen molar-refractivity contribution in [3.63, 3.8) is 0 Å². The van der Waals surface area contributed by atoms with Crippen molar-refractivity contribution in [3.8, 4) is 0 Å². The first-order valence-corrected chi connectivity index (χ1v) is 7.03. The Labute approximate surface area is 107 Å². The van der Waals surface area contributed by atoms with E-state index in [2.05, 4.69) is 17.5 Å². The van der Waals surface area contributed by atoms with Gasteiger partial charge in [-0.15, -0.1) is 11.3 Å². The number of carbonyl (C=O) groups is 1. The van der Waals surface area contributed by atoms with Crippen LogP contribution in [0.1, 0.15) is 31.1 Å². The molecule has 0 aromatic carbocycles. The van der Waals surface area contributed by atoms with Gasteiger partial charge in [0.05, 0.1) is 0 Å². The van der Waals surface area contributed by atoms with Crippen LogP contribution in [0, 0.1) is 5.92 Å². The summed E-state index contributed by atoms with van der Waals surface area (Å²) in [5, 5.41) is 2.09. The smallest absolute Gasteiger partial charge is 0.225 e. The first-order chi connectivity index (χ1) is 8.08. The number of nitrogens with zero attached hydrogens (tertiary/aromatic N) is 1. The molecular weight excluding hydrogens is 232 g/mol. The molecule has 1 fully saturated rings. The number of hydrogen-bond acceptors (Lipinski definition) is 3. The maximum absolute atomic E-state index is 12.0. The monoisotopic (exact) mass is 252 g/mol. The van der Waals surface area contributed by atoms with Crippen LogP contribution >= 0.6 is 11.3 Å². The highest BCUT2D eigenvalue weighted by atomic mass is 32.1. The van der Waals surface area contributed by atoms with Gasteiger partial charge in [-0.25, -0.2) is 0 Å². The van der Waals surface area contributed by atoms with Crippen LogP contribution in [-0.2, 0) is 4.79 Å². The number of likely N-dealkylation sites (tertiary alicyclic amines) is 1. The molecule has 1 amide bonds. The third-order valence-corrected chi connectivity index (χ3v) is 4.27. The molecule has 94 valence electrons. The zero-order chi connectivity index (χ0) is 12.4. The van der Waals surface area contributed by atoms with E-state index in [0.29, 0.717) is 12.5 Å². The maximum Gasteiger partial charge on any atom is 0.225 e. The van der Waals surface area contributed by atoms with Gasteiger partial charge in [0.2, 0.25) is 5.91 Å². The second kappa shape index (κ2) is 5.19. The molecule has 2 N–H and O–H groups in total. The van der Waals surface area contributed by atoms with E-state index in [0.717, 1.165) is 13.0 Å². The largest absolute Gasteiger partial charge is 0.340 e. The van der Waals surface area contributed by atoms with Crippen LogP contribution in [0.5, 0.6) is 0 Å². The Bertz CT molecular complexity index is 375. The Morgan fingerprint density at radius 3 is 2.88 bits per heavy atom. The van der Waals surface area contributed by atoms with E-state index in [1.807, 2.05) is 18.7 Å². The molecule has 4 heteroatoms. The molecule has 0 spiro atoms. The summed E-state index contributed by atoms with van der Waals surface area (Å²) in [5.74, 6) is 0.701. The zero-order valence-electron chi connectivity index (χ0n) is 10.4. The number of rotatable bonds is 2. The van der Waals surface area contributed by atoms with Gasteiger partial charge >= 0.3 is 0 Å². The van der Waals surface area contributed by atoms with Crippen LogP contribution in [0.3, 0.4) is 0 Å². The summed E-state index contributed by atoms with van der Waals surface area (Å²) < 4.78 is 0. The molecule has 2 heterocycles. The summed E-state index contributed by atoms with van der Waals surface area (Å²) in [4.78, 5) is 15.3. The second-order valence-electron chi connectivity index (χ2n) is 5.11. The summed E-state index contributed by atoms with van der Waals surface area (Å²) in [6.07, 6.45) is 0.988. The maximum atomic E-state index is 12.0. The van der Waals surface area contributed by atoms with Crippen molar-refractivity contribution < 1.29 is 4.79 Å². The van der Waals surface area contributed by atoms with Gasteiger partial charge in [0.15, 0.2) is 0 Å². The van der Waals surface area contributed by atoms with Gasteiger partial charge in [0, 0.05) is 35.8 Å². The van der Waals surface area contributed by atoms with E-state index < -0.39 is 0 Å². The Balaban J connectivity index is 2.09. The second-order valence-corrected chi connectivity index (χ2v) is 6.09. The molecule has 0 aliphatic carbocycles. The first-order valence-electron chi connectivity index (χ1n) is 6.15. The van der Waals surface area contributed by atoms with E-state index in [1.165, 1.54) is 4.88 Å². The standard InChI is InChI=1S/C13H20N2OS/c1-9(2)13(16)15-7-10(6-11(14)8-15)12-4-3-5-17-12/h3-5,9-11H,6-8,14H2,1-2H3. The molecule has 3 nitrogen and oxygen atoms in total. The normalized spacial score (nSPS) is 25.3. The number of carbonyl (C=O) groups excluding carboxylic acids is 1. The van der Waals surface area contributed by atoms with E-state index in [4.69, 9.17) is 5.73 Å². The molecule has 1 aromatic heterocycles. The molecule has 0 radical (unpaired) electrons. The molecule has 2 unspecified atom stereocenters. The Hall–Kier alpha value is -0.870. The summed E-state index contributed by atoms with van der Waals surface area (Å²) in [6, 6.07) is 4.32. The minimum absolute atomic E-state index is 0.0595. The lowest BCUT2D eigenvalue weighted by Crippen LogP contribution is -2.49. The molecule has 1 aliphatic heterocycles. The molecule has 17 heavy (non-hydrogen) atoms. The third-order valence-electron chi connectivity index (χ3n) is 3.23. The van der Waals surface area contributed by atoms with Crippen molar-refractivity contribution in [2.24, 2.45) is 11.7 Å². The highest BCUT2D eigenvalue weighted by Gasteiger charge is 2.30. The average molecular weight is 252 g/mol. The zero-order valence-corrected chi connectivity index (χ0v) is 11.2. The first kappa shape index (κ1) is 12.6. The minimum atomic E-state index is 0.0595. The topological polar surface area (TPSA) is 46.3 Å². The van der Waals surface area contributed by atoms with Gasteiger partial charge in [0.25, 0.3) is 0 Å². The van der Waals surface area contributed by atoms with Gasteiger partial charge in [-0.1, -0.05) is 19.9 Å². The average Bonchev–Trinajstić information content (AvgIpc) is 2.80. The van der Waals surface area contributed by atoms with E-state index >= 15 is 0 Å². The van der Waals surface area contributed by atoms with Gasteiger partial charge in [-0.05, 0) is 17.9 Å². The summed E-state index contributed by atoms with van der Waals surface area (Å²) in [5.41, 5.74) is 6.07. The fourth-order valence-corrected chi connectivity index (χ4v) is 3.25. The number of thiophene rings is 1. The molecular formula is C13H20N2OS. The summed E-state index contributed by atoms with van der Waals surface area (Å²) in [7, 11) is 0. The van der Waals surface area contributed by atoms with E-state index in [-0.39, 0.29) is 17.9 Å². The number of piperidine rings is 1. The number of amides is 1. The third kappa shape index (κ3) is 2.87. The van der Waals surface area contributed by atoms with Crippen molar-refractivity contribution in [1.82, 2.24) is 4.90 Å². The minimum Gasteiger partial charge on any atom is -0.340 e. The highest BCUT2D eigenvalue weighted by molar-refractivity contribution is 7.10. The lowest BCUT2D eigenvalue weighted by Gasteiger charge is -2.37. The molecule has 1 aromatic rings. The van der Waals surface area contributed by atoms with Gasteiger partial charge in [0.1, 0.15) is 0 Å². The number of hydrogen-bond donors (Lipinski definition) is 1. The molecule has 0 bridgehead atoms.